The van der Waals surface area contributed by atoms with Crippen LogP contribution in [0.4, 0.5) is 10.1 Å². The highest BCUT2D eigenvalue weighted by atomic mass is 79.9. The second-order valence-electron chi connectivity index (χ2n) is 4.96. The van der Waals surface area contributed by atoms with E-state index >= 15 is 0 Å². The summed E-state index contributed by atoms with van der Waals surface area (Å²) in [4.78, 5) is 11.8. The van der Waals surface area contributed by atoms with Gasteiger partial charge in [0.1, 0.15) is 11.9 Å². The fourth-order valence-corrected chi connectivity index (χ4v) is 1.88. The van der Waals surface area contributed by atoms with E-state index in [1.807, 2.05) is 0 Å². The summed E-state index contributed by atoms with van der Waals surface area (Å²) < 4.78 is 14.3. The molecule has 1 aromatic carbocycles. The summed E-state index contributed by atoms with van der Waals surface area (Å²) in [6.45, 7) is 6.56. The number of carbonyl (C=O) groups excluding carboxylic acids is 1. The Morgan fingerprint density at radius 2 is 2.05 bits per heavy atom. The Bertz CT molecular complexity index is 437. The van der Waals surface area contributed by atoms with E-state index in [0.29, 0.717) is 22.6 Å². The predicted octanol–water partition coefficient (Wildman–Crippen LogP) is 3.55. The van der Waals surface area contributed by atoms with Crippen LogP contribution in [0, 0.1) is 11.7 Å². The highest BCUT2D eigenvalue weighted by Gasteiger charge is 2.14. The van der Waals surface area contributed by atoms with Gasteiger partial charge in [-0.1, -0.05) is 29.8 Å². The molecule has 0 aliphatic heterocycles. The molecule has 1 aromatic rings. The minimum atomic E-state index is -0.470. The molecule has 19 heavy (non-hydrogen) atoms. The summed E-state index contributed by atoms with van der Waals surface area (Å²) in [5, 5.41) is 5.70. The fourth-order valence-electron chi connectivity index (χ4n) is 1.54. The van der Waals surface area contributed by atoms with E-state index in [4.69, 9.17) is 0 Å². The second kappa shape index (κ2) is 7.48. The van der Waals surface area contributed by atoms with Gasteiger partial charge in [0, 0.05) is 11.0 Å². The number of carbonyl (C=O) groups is 1. The van der Waals surface area contributed by atoms with Crippen LogP contribution in [0.25, 0.3) is 0 Å². The monoisotopic (exact) mass is 330 g/mol. The Balaban J connectivity index is 2.49. The Morgan fingerprint density at radius 1 is 1.37 bits per heavy atom. The van der Waals surface area contributed by atoms with Crippen LogP contribution in [0.3, 0.4) is 0 Å². The molecule has 0 aliphatic carbocycles. The van der Waals surface area contributed by atoms with Crippen LogP contribution in [0.15, 0.2) is 22.7 Å². The molecule has 0 spiro atoms. The number of halogens is 2. The summed E-state index contributed by atoms with van der Waals surface area (Å²) in [6, 6.07) is 4.24. The molecule has 2 N–H and O–H groups in total. The average Bonchev–Trinajstić information content (AvgIpc) is 2.32. The Kier molecular flexibility index (Phi) is 6.28. The third kappa shape index (κ3) is 5.59. The number of nitrogens with one attached hydrogen (secondary N) is 2. The number of rotatable bonds is 6. The quantitative estimate of drug-likeness (QED) is 0.837. The summed E-state index contributed by atoms with van der Waals surface area (Å²) >= 11 is 3.19. The van der Waals surface area contributed by atoms with Gasteiger partial charge in [-0.25, -0.2) is 4.39 Å². The van der Waals surface area contributed by atoms with Gasteiger partial charge in [-0.05, 0) is 37.5 Å². The van der Waals surface area contributed by atoms with Crippen molar-refractivity contribution in [2.45, 2.75) is 33.2 Å². The van der Waals surface area contributed by atoms with Gasteiger partial charge in [-0.15, -0.1) is 0 Å². The molecule has 0 fully saturated rings. The van der Waals surface area contributed by atoms with Crippen LogP contribution in [-0.4, -0.2) is 18.5 Å². The molecule has 106 valence electrons. The normalized spacial score (nSPS) is 12.3. The van der Waals surface area contributed by atoms with Crippen molar-refractivity contribution < 1.29 is 9.18 Å². The zero-order valence-corrected chi connectivity index (χ0v) is 13.1. The zero-order chi connectivity index (χ0) is 14.4. The minimum absolute atomic E-state index is 0.122. The van der Waals surface area contributed by atoms with Gasteiger partial charge >= 0.3 is 0 Å². The first-order valence-corrected chi connectivity index (χ1v) is 7.18. The van der Waals surface area contributed by atoms with E-state index in [0.717, 1.165) is 6.42 Å². The van der Waals surface area contributed by atoms with Crippen molar-refractivity contribution in [3.63, 3.8) is 0 Å². The molecular formula is C14H20BrFN2O. The molecule has 0 saturated carbocycles. The van der Waals surface area contributed by atoms with Crippen molar-refractivity contribution in [3.05, 3.63) is 28.5 Å². The van der Waals surface area contributed by atoms with Crippen LogP contribution >= 0.6 is 15.9 Å². The number of amides is 1. The van der Waals surface area contributed by atoms with Gasteiger partial charge in [-0.3, -0.25) is 4.79 Å². The molecular weight excluding hydrogens is 311 g/mol. The van der Waals surface area contributed by atoms with Crippen molar-refractivity contribution in [3.8, 4) is 0 Å². The SMILES string of the molecule is CC(C)CCNC(=O)C(C)Nc1ccc(Br)cc1F. The maximum atomic E-state index is 13.6. The lowest BCUT2D eigenvalue weighted by Crippen LogP contribution is -2.38. The first kappa shape index (κ1) is 16.0. The maximum absolute atomic E-state index is 13.6. The van der Waals surface area contributed by atoms with Crippen LogP contribution in [0.1, 0.15) is 27.2 Å². The molecule has 0 bridgehead atoms. The van der Waals surface area contributed by atoms with E-state index in [9.17, 15) is 9.18 Å². The largest absolute Gasteiger partial charge is 0.372 e. The standard InChI is InChI=1S/C14H20BrFN2O/c1-9(2)6-7-17-14(19)10(3)18-13-5-4-11(15)8-12(13)16/h4-5,8-10,18H,6-7H2,1-3H3,(H,17,19). The van der Waals surface area contributed by atoms with Gasteiger partial charge < -0.3 is 10.6 Å². The van der Waals surface area contributed by atoms with Crippen molar-refractivity contribution in [2.24, 2.45) is 5.92 Å². The van der Waals surface area contributed by atoms with Crippen LogP contribution < -0.4 is 10.6 Å². The third-order valence-electron chi connectivity index (χ3n) is 2.72. The molecule has 3 nitrogen and oxygen atoms in total. The Labute approximate surface area is 122 Å². The molecule has 0 saturated heterocycles. The molecule has 5 heteroatoms. The molecule has 0 radical (unpaired) electrons. The summed E-state index contributed by atoms with van der Waals surface area (Å²) in [5.41, 5.74) is 0.328. The molecule has 0 heterocycles. The average molecular weight is 331 g/mol. The smallest absolute Gasteiger partial charge is 0.242 e. The highest BCUT2D eigenvalue weighted by Crippen LogP contribution is 2.19. The van der Waals surface area contributed by atoms with E-state index in [2.05, 4.69) is 40.4 Å². The van der Waals surface area contributed by atoms with Crippen molar-refractivity contribution in [1.82, 2.24) is 5.32 Å². The molecule has 1 rings (SSSR count). The van der Waals surface area contributed by atoms with Crippen LogP contribution in [-0.2, 0) is 4.79 Å². The maximum Gasteiger partial charge on any atom is 0.242 e. The Hall–Kier alpha value is -1.10. The summed E-state index contributed by atoms with van der Waals surface area (Å²) in [5.74, 6) is 0.0478. The zero-order valence-electron chi connectivity index (χ0n) is 11.5. The van der Waals surface area contributed by atoms with Gasteiger partial charge in [0.2, 0.25) is 5.91 Å². The van der Waals surface area contributed by atoms with Crippen molar-refractivity contribution in [1.29, 1.82) is 0 Å². The number of benzene rings is 1. The molecule has 1 unspecified atom stereocenters. The topological polar surface area (TPSA) is 41.1 Å². The lowest BCUT2D eigenvalue weighted by molar-refractivity contribution is -0.121. The van der Waals surface area contributed by atoms with Gasteiger partial charge in [0.05, 0.1) is 5.69 Å². The molecule has 0 aromatic heterocycles. The number of hydrogen-bond acceptors (Lipinski definition) is 2. The first-order chi connectivity index (χ1) is 8.90. The van der Waals surface area contributed by atoms with Gasteiger partial charge in [-0.2, -0.15) is 0 Å². The molecule has 1 amide bonds. The molecule has 1 atom stereocenters. The van der Waals surface area contributed by atoms with Crippen molar-refractivity contribution in [2.75, 3.05) is 11.9 Å². The Morgan fingerprint density at radius 3 is 2.63 bits per heavy atom. The van der Waals surface area contributed by atoms with Gasteiger partial charge in [0.15, 0.2) is 0 Å². The highest BCUT2D eigenvalue weighted by molar-refractivity contribution is 9.10. The van der Waals surface area contributed by atoms with E-state index in [1.54, 1.807) is 19.1 Å². The van der Waals surface area contributed by atoms with Gasteiger partial charge in [0.25, 0.3) is 0 Å². The minimum Gasteiger partial charge on any atom is -0.372 e. The summed E-state index contributed by atoms with van der Waals surface area (Å²) in [6.07, 6.45) is 0.936. The van der Waals surface area contributed by atoms with Crippen LogP contribution in [0.5, 0.6) is 0 Å². The first-order valence-electron chi connectivity index (χ1n) is 6.39. The molecule has 0 aliphatic rings. The van der Waals surface area contributed by atoms with E-state index < -0.39 is 6.04 Å². The second-order valence-corrected chi connectivity index (χ2v) is 5.88. The number of hydrogen-bond donors (Lipinski definition) is 2. The lowest BCUT2D eigenvalue weighted by atomic mass is 10.1. The summed E-state index contributed by atoms with van der Waals surface area (Å²) in [7, 11) is 0. The number of anilines is 1. The lowest BCUT2D eigenvalue weighted by Gasteiger charge is -2.16. The predicted molar refractivity (Wildman–Crippen MR) is 79.6 cm³/mol. The van der Waals surface area contributed by atoms with Crippen molar-refractivity contribution >= 4 is 27.5 Å². The van der Waals surface area contributed by atoms with E-state index in [1.165, 1.54) is 6.07 Å². The third-order valence-corrected chi connectivity index (χ3v) is 3.21. The van der Waals surface area contributed by atoms with E-state index in [-0.39, 0.29) is 11.7 Å². The van der Waals surface area contributed by atoms with Crippen LogP contribution in [0.2, 0.25) is 0 Å². The fraction of sp³-hybridized carbons (Fsp3) is 0.500.